The number of aliphatic hydroxyl groups excluding tert-OH is 1. The summed E-state index contributed by atoms with van der Waals surface area (Å²) >= 11 is 5.88. The molecule has 4 unspecified atom stereocenters. The Balaban J connectivity index is 2.24. The van der Waals surface area contributed by atoms with Gasteiger partial charge in [0.2, 0.25) is 0 Å². The van der Waals surface area contributed by atoms with Gasteiger partial charge in [-0.15, -0.1) is 11.6 Å². The average molecular weight is 175 g/mol. The lowest BCUT2D eigenvalue weighted by molar-refractivity contribution is 0.0405. The highest BCUT2D eigenvalue weighted by Crippen LogP contribution is 2.58. The van der Waals surface area contributed by atoms with Crippen LogP contribution in [0.15, 0.2) is 0 Å². The number of alkyl halides is 1. The summed E-state index contributed by atoms with van der Waals surface area (Å²) < 4.78 is 0. The summed E-state index contributed by atoms with van der Waals surface area (Å²) in [6.07, 6.45) is 3.37. The largest absolute Gasteiger partial charge is 0.393 e. The van der Waals surface area contributed by atoms with Crippen LogP contribution in [0.25, 0.3) is 0 Å². The number of fused-ring (bicyclic) bond motifs is 2. The van der Waals surface area contributed by atoms with Crippen LogP contribution in [-0.2, 0) is 0 Å². The predicted molar refractivity (Wildman–Crippen MR) is 45.7 cm³/mol. The van der Waals surface area contributed by atoms with Crippen LogP contribution in [0.3, 0.4) is 0 Å². The van der Waals surface area contributed by atoms with E-state index in [-0.39, 0.29) is 11.5 Å². The van der Waals surface area contributed by atoms with E-state index in [0.29, 0.717) is 11.8 Å². The molecule has 0 aromatic rings. The molecule has 2 aliphatic rings. The van der Waals surface area contributed by atoms with E-state index in [4.69, 9.17) is 11.6 Å². The lowest BCUT2D eigenvalue weighted by Crippen LogP contribution is -2.31. The van der Waals surface area contributed by atoms with E-state index < -0.39 is 0 Å². The maximum atomic E-state index is 9.72. The van der Waals surface area contributed by atoms with Crippen molar-refractivity contribution in [2.75, 3.05) is 5.88 Å². The monoisotopic (exact) mass is 174 g/mol. The van der Waals surface area contributed by atoms with E-state index >= 15 is 0 Å². The van der Waals surface area contributed by atoms with Crippen LogP contribution in [0, 0.1) is 17.3 Å². The minimum atomic E-state index is -0.0787. The summed E-state index contributed by atoms with van der Waals surface area (Å²) in [7, 11) is 0. The van der Waals surface area contributed by atoms with E-state index in [1.807, 2.05) is 0 Å². The fourth-order valence-electron chi connectivity index (χ4n) is 2.98. The van der Waals surface area contributed by atoms with Crippen molar-refractivity contribution in [2.24, 2.45) is 17.3 Å². The second-order valence-corrected chi connectivity index (χ2v) is 4.63. The highest BCUT2D eigenvalue weighted by molar-refractivity contribution is 6.18. The zero-order valence-corrected chi connectivity index (χ0v) is 7.64. The molecule has 0 radical (unpaired) electrons. The third-order valence-corrected chi connectivity index (χ3v) is 4.26. The minimum Gasteiger partial charge on any atom is -0.393 e. The Bertz CT molecular complexity index is 171. The molecule has 2 bridgehead atoms. The van der Waals surface area contributed by atoms with E-state index in [1.54, 1.807) is 0 Å². The first-order valence-corrected chi connectivity index (χ1v) is 4.96. The van der Waals surface area contributed by atoms with E-state index in [2.05, 4.69) is 6.92 Å². The van der Waals surface area contributed by atoms with Gasteiger partial charge in [0.15, 0.2) is 0 Å². The van der Waals surface area contributed by atoms with Gasteiger partial charge in [-0.25, -0.2) is 0 Å². The molecule has 0 aromatic carbocycles. The van der Waals surface area contributed by atoms with Crippen molar-refractivity contribution in [2.45, 2.75) is 32.3 Å². The second kappa shape index (κ2) is 2.37. The van der Waals surface area contributed by atoms with Crippen molar-refractivity contribution >= 4 is 11.6 Å². The Labute approximate surface area is 72.7 Å². The Hall–Kier alpha value is 0.250. The molecule has 0 amide bonds. The molecule has 0 aromatic heterocycles. The molecule has 11 heavy (non-hydrogen) atoms. The topological polar surface area (TPSA) is 20.2 Å². The summed E-state index contributed by atoms with van der Waals surface area (Å²) in [5.74, 6) is 2.03. The second-order valence-electron chi connectivity index (χ2n) is 4.32. The van der Waals surface area contributed by atoms with Crippen LogP contribution in [-0.4, -0.2) is 17.1 Å². The Morgan fingerprint density at radius 1 is 1.64 bits per heavy atom. The quantitative estimate of drug-likeness (QED) is 0.604. The number of hydrogen-bond donors (Lipinski definition) is 1. The molecule has 2 aliphatic carbocycles. The molecule has 4 atom stereocenters. The molecule has 0 heterocycles. The third kappa shape index (κ3) is 0.874. The summed E-state index contributed by atoms with van der Waals surface area (Å²) in [4.78, 5) is 0. The van der Waals surface area contributed by atoms with Crippen molar-refractivity contribution in [3.8, 4) is 0 Å². The number of halogens is 1. The maximum Gasteiger partial charge on any atom is 0.0599 e. The van der Waals surface area contributed by atoms with Crippen LogP contribution in [0.4, 0.5) is 0 Å². The molecule has 2 saturated carbocycles. The molecule has 2 rings (SSSR count). The van der Waals surface area contributed by atoms with E-state index in [1.165, 1.54) is 12.8 Å². The fraction of sp³-hybridized carbons (Fsp3) is 1.00. The van der Waals surface area contributed by atoms with Crippen LogP contribution in [0.2, 0.25) is 0 Å². The maximum absolute atomic E-state index is 9.72. The Morgan fingerprint density at radius 2 is 2.36 bits per heavy atom. The lowest BCUT2D eigenvalue weighted by Gasteiger charge is -2.29. The first-order valence-electron chi connectivity index (χ1n) is 4.42. The molecule has 0 spiro atoms. The van der Waals surface area contributed by atoms with E-state index in [0.717, 1.165) is 12.3 Å². The van der Waals surface area contributed by atoms with Crippen molar-refractivity contribution in [3.05, 3.63) is 0 Å². The van der Waals surface area contributed by atoms with Crippen molar-refractivity contribution in [1.82, 2.24) is 0 Å². The number of aliphatic hydroxyl groups is 1. The highest BCUT2D eigenvalue weighted by Gasteiger charge is 2.55. The number of rotatable bonds is 1. The Morgan fingerprint density at radius 3 is 2.64 bits per heavy atom. The zero-order valence-electron chi connectivity index (χ0n) is 6.89. The summed E-state index contributed by atoms with van der Waals surface area (Å²) in [5.41, 5.74) is 0.159. The molecule has 1 nitrogen and oxygen atoms in total. The summed E-state index contributed by atoms with van der Waals surface area (Å²) in [6, 6.07) is 0. The van der Waals surface area contributed by atoms with Crippen molar-refractivity contribution in [1.29, 1.82) is 0 Å². The predicted octanol–water partition coefficient (Wildman–Crippen LogP) is 2.02. The molecule has 0 aliphatic heterocycles. The first kappa shape index (κ1) is 7.88. The smallest absolute Gasteiger partial charge is 0.0599 e. The normalized spacial score (nSPS) is 55.4. The van der Waals surface area contributed by atoms with Crippen molar-refractivity contribution < 1.29 is 5.11 Å². The van der Waals surface area contributed by atoms with Crippen LogP contribution in [0.1, 0.15) is 26.2 Å². The minimum absolute atomic E-state index is 0.0787. The molecule has 2 heteroatoms. The van der Waals surface area contributed by atoms with Gasteiger partial charge >= 0.3 is 0 Å². The van der Waals surface area contributed by atoms with Gasteiger partial charge in [-0.05, 0) is 36.5 Å². The molecule has 64 valence electrons. The fourth-order valence-corrected chi connectivity index (χ4v) is 3.58. The van der Waals surface area contributed by atoms with Crippen LogP contribution in [0.5, 0.6) is 0 Å². The highest BCUT2D eigenvalue weighted by atomic mass is 35.5. The van der Waals surface area contributed by atoms with Gasteiger partial charge in [-0.3, -0.25) is 0 Å². The lowest BCUT2D eigenvalue weighted by atomic mass is 9.80. The molecule has 2 fully saturated rings. The number of hydrogen-bond acceptors (Lipinski definition) is 1. The van der Waals surface area contributed by atoms with Gasteiger partial charge in [0, 0.05) is 5.88 Å². The van der Waals surface area contributed by atoms with Gasteiger partial charge in [-0.1, -0.05) is 6.92 Å². The molecule has 1 N–H and O–H groups in total. The summed E-state index contributed by atoms with van der Waals surface area (Å²) in [6.45, 7) is 2.19. The van der Waals surface area contributed by atoms with Gasteiger partial charge in [0.25, 0.3) is 0 Å². The Kier molecular flexibility index (Phi) is 1.69. The van der Waals surface area contributed by atoms with Crippen LogP contribution < -0.4 is 0 Å². The van der Waals surface area contributed by atoms with Crippen molar-refractivity contribution in [3.63, 3.8) is 0 Å². The molecular formula is C9H15ClO. The molecule has 0 saturated heterocycles. The molecular weight excluding hydrogens is 160 g/mol. The van der Waals surface area contributed by atoms with Gasteiger partial charge in [0.1, 0.15) is 0 Å². The first-order chi connectivity index (χ1) is 5.18. The standard InChI is InChI=1S/C9H15ClO/c1-9-3-2-6(4-8(9)11)7(9)5-10/h6-8,11H,2-5H2,1H3. The zero-order chi connectivity index (χ0) is 8.06. The van der Waals surface area contributed by atoms with Gasteiger partial charge in [-0.2, -0.15) is 0 Å². The third-order valence-electron chi connectivity index (χ3n) is 3.92. The van der Waals surface area contributed by atoms with E-state index in [9.17, 15) is 5.11 Å². The SMILES string of the molecule is CC12CCC(CC1O)C2CCl. The van der Waals surface area contributed by atoms with Gasteiger partial charge in [0.05, 0.1) is 6.10 Å². The van der Waals surface area contributed by atoms with Crippen LogP contribution >= 0.6 is 11.6 Å². The van der Waals surface area contributed by atoms with Gasteiger partial charge < -0.3 is 5.11 Å². The average Bonchev–Trinajstić information content (AvgIpc) is 2.38. The summed E-state index contributed by atoms with van der Waals surface area (Å²) in [5, 5.41) is 9.72.